The number of nitrogens with zero attached hydrogens (tertiary/aromatic N) is 3. The highest BCUT2D eigenvalue weighted by Crippen LogP contribution is 2.27. The molecule has 0 unspecified atom stereocenters. The number of sulfonamides is 1. The first-order chi connectivity index (χ1) is 15.7. The van der Waals surface area contributed by atoms with Gasteiger partial charge in [0.05, 0.1) is 5.75 Å². The summed E-state index contributed by atoms with van der Waals surface area (Å²) in [5.74, 6) is 0.0268. The molecule has 0 aromatic heterocycles. The van der Waals surface area contributed by atoms with Crippen molar-refractivity contribution in [2.24, 2.45) is 5.92 Å². The highest BCUT2D eigenvalue weighted by Gasteiger charge is 2.34. The zero-order valence-electron chi connectivity index (χ0n) is 18.7. The Bertz CT molecular complexity index is 1110. The van der Waals surface area contributed by atoms with E-state index in [1.54, 1.807) is 0 Å². The Balaban J connectivity index is 1.29. The number of carbonyl (C=O) groups excluding carboxylic acids is 1. The topological polar surface area (TPSA) is 60.9 Å². The number of amides is 1. The lowest BCUT2D eigenvalue weighted by Gasteiger charge is -2.39. The Morgan fingerprint density at radius 3 is 2.39 bits per heavy atom. The number of rotatable bonds is 5. The van der Waals surface area contributed by atoms with Gasteiger partial charge in [-0.1, -0.05) is 45.7 Å². The van der Waals surface area contributed by atoms with Crippen LogP contribution in [0.2, 0.25) is 5.02 Å². The van der Waals surface area contributed by atoms with Gasteiger partial charge in [0.15, 0.2) is 0 Å². The van der Waals surface area contributed by atoms with Gasteiger partial charge in [0.25, 0.3) is 0 Å². The molecule has 0 radical (unpaired) electrons. The van der Waals surface area contributed by atoms with Gasteiger partial charge in [-0.15, -0.1) is 0 Å². The van der Waals surface area contributed by atoms with E-state index in [9.17, 15) is 13.2 Å². The third-order valence-electron chi connectivity index (χ3n) is 6.54. The van der Waals surface area contributed by atoms with Crippen LogP contribution in [0.5, 0.6) is 0 Å². The van der Waals surface area contributed by atoms with E-state index >= 15 is 0 Å². The highest BCUT2D eigenvalue weighted by molar-refractivity contribution is 9.10. The molecular weight excluding hydrogens is 526 g/mol. The average molecular weight is 555 g/mol. The Hall–Kier alpha value is -1.61. The van der Waals surface area contributed by atoms with Gasteiger partial charge in [0.1, 0.15) is 0 Å². The van der Waals surface area contributed by atoms with E-state index in [-0.39, 0.29) is 17.6 Å². The Kier molecular flexibility index (Phi) is 7.68. The SMILES string of the molecule is Cc1ccc(Cl)cc1N1CCN(C(=O)C2CCN(S(=O)(=O)Cc3cccc(Br)c3)CC2)CC1. The van der Waals surface area contributed by atoms with Gasteiger partial charge in [-0.05, 0) is 55.2 Å². The van der Waals surface area contributed by atoms with Crippen LogP contribution < -0.4 is 4.90 Å². The van der Waals surface area contributed by atoms with Gasteiger partial charge < -0.3 is 9.80 Å². The highest BCUT2D eigenvalue weighted by atomic mass is 79.9. The molecule has 2 saturated heterocycles. The standard InChI is InChI=1S/C24H29BrClN3O3S/c1-18-5-6-22(26)16-23(18)27-11-13-28(14-12-27)24(30)20-7-9-29(10-8-20)33(31,32)17-19-3-2-4-21(25)15-19/h2-6,15-16,20H,7-14,17H2,1H3. The van der Waals surface area contributed by atoms with E-state index in [0.29, 0.717) is 39.0 Å². The first kappa shape index (κ1) is 24.5. The Labute approximate surface area is 209 Å². The summed E-state index contributed by atoms with van der Waals surface area (Å²) < 4.78 is 28.1. The van der Waals surface area contributed by atoms with E-state index in [0.717, 1.165) is 33.8 Å². The summed E-state index contributed by atoms with van der Waals surface area (Å²) in [4.78, 5) is 17.3. The molecule has 0 aliphatic carbocycles. The summed E-state index contributed by atoms with van der Waals surface area (Å²) in [6, 6.07) is 13.3. The molecule has 0 atom stereocenters. The summed E-state index contributed by atoms with van der Waals surface area (Å²) in [5.41, 5.74) is 3.06. The molecule has 33 heavy (non-hydrogen) atoms. The lowest BCUT2D eigenvalue weighted by atomic mass is 9.96. The van der Waals surface area contributed by atoms with Crippen molar-refractivity contribution in [1.29, 1.82) is 0 Å². The number of halogens is 2. The molecule has 2 aromatic rings. The van der Waals surface area contributed by atoms with E-state index in [4.69, 9.17) is 11.6 Å². The summed E-state index contributed by atoms with van der Waals surface area (Å²) in [5, 5.41) is 0.718. The molecular formula is C24H29BrClN3O3S. The maximum Gasteiger partial charge on any atom is 0.225 e. The Morgan fingerprint density at radius 1 is 1.03 bits per heavy atom. The zero-order valence-corrected chi connectivity index (χ0v) is 21.9. The number of aryl methyl sites for hydroxylation is 1. The van der Waals surface area contributed by atoms with Crippen molar-refractivity contribution in [3.8, 4) is 0 Å². The largest absolute Gasteiger partial charge is 0.368 e. The fourth-order valence-electron chi connectivity index (χ4n) is 4.66. The third-order valence-corrected chi connectivity index (χ3v) is 9.12. The Morgan fingerprint density at radius 2 is 1.73 bits per heavy atom. The summed E-state index contributed by atoms with van der Waals surface area (Å²) in [7, 11) is -3.40. The van der Waals surface area contributed by atoms with Crippen molar-refractivity contribution < 1.29 is 13.2 Å². The molecule has 2 fully saturated rings. The first-order valence-electron chi connectivity index (χ1n) is 11.2. The molecule has 2 aromatic carbocycles. The van der Waals surface area contributed by atoms with E-state index in [1.807, 2.05) is 47.4 Å². The van der Waals surface area contributed by atoms with Gasteiger partial charge in [0.2, 0.25) is 15.9 Å². The fourth-order valence-corrected chi connectivity index (χ4v) is 6.82. The molecule has 6 nitrogen and oxygen atoms in total. The van der Waals surface area contributed by atoms with Crippen molar-refractivity contribution in [3.05, 3.63) is 63.1 Å². The smallest absolute Gasteiger partial charge is 0.225 e. The van der Waals surface area contributed by atoms with Gasteiger partial charge in [-0.3, -0.25) is 4.79 Å². The second kappa shape index (κ2) is 10.3. The second-order valence-corrected chi connectivity index (χ2v) is 12.1. The molecule has 0 spiro atoms. The molecule has 0 saturated carbocycles. The van der Waals surface area contributed by atoms with Crippen molar-refractivity contribution in [2.45, 2.75) is 25.5 Å². The van der Waals surface area contributed by atoms with Crippen LogP contribution in [0.25, 0.3) is 0 Å². The maximum atomic E-state index is 13.1. The quantitative estimate of drug-likeness (QED) is 0.553. The van der Waals surface area contributed by atoms with Crippen LogP contribution in [0, 0.1) is 12.8 Å². The summed E-state index contributed by atoms with van der Waals surface area (Å²) >= 11 is 9.56. The number of carbonyl (C=O) groups is 1. The first-order valence-corrected chi connectivity index (χ1v) is 14.0. The minimum absolute atomic E-state index is 0.0179. The molecule has 1 amide bonds. The minimum Gasteiger partial charge on any atom is -0.368 e. The lowest BCUT2D eigenvalue weighted by Crippen LogP contribution is -2.52. The summed E-state index contributed by atoms with van der Waals surface area (Å²) in [6.07, 6.45) is 1.15. The van der Waals surface area contributed by atoms with Crippen LogP contribution in [-0.4, -0.2) is 62.8 Å². The van der Waals surface area contributed by atoms with Crippen LogP contribution in [0.3, 0.4) is 0 Å². The van der Waals surface area contributed by atoms with Crippen LogP contribution in [0.1, 0.15) is 24.0 Å². The number of hydrogen-bond donors (Lipinski definition) is 0. The number of anilines is 1. The minimum atomic E-state index is -3.40. The van der Waals surface area contributed by atoms with Crippen LogP contribution in [0.4, 0.5) is 5.69 Å². The lowest BCUT2D eigenvalue weighted by molar-refractivity contribution is -0.137. The molecule has 2 heterocycles. The van der Waals surface area contributed by atoms with Gasteiger partial charge >= 0.3 is 0 Å². The van der Waals surface area contributed by atoms with E-state index in [2.05, 4.69) is 27.8 Å². The number of hydrogen-bond acceptors (Lipinski definition) is 4. The number of piperidine rings is 1. The van der Waals surface area contributed by atoms with Crippen LogP contribution in [-0.2, 0) is 20.6 Å². The predicted octanol–water partition coefficient (Wildman–Crippen LogP) is 4.30. The number of benzene rings is 2. The van der Waals surface area contributed by atoms with Gasteiger partial charge in [-0.2, -0.15) is 0 Å². The molecule has 0 bridgehead atoms. The van der Waals surface area contributed by atoms with Crippen molar-refractivity contribution in [2.75, 3.05) is 44.2 Å². The predicted molar refractivity (Wildman–Crippen MR) is 136 cm³/mol. The van der Waals surface area contributed by atoms with Crippen LogP contribution in [0.15, 0.2) is 46.9 Å². The second-order valence-electron chi connectivity index (χ2n) is 8.80. The van der Waals surface area contributed by atoms with Crippen molar-refractivity contribution >= 4 is 49.1 Å². The molecule has 0 N–H and O–H groups in total. The molecule has 9 heteroatoms. The van der Waals surface area contributed by atoms with Gasteiger partial charge in [0, 0.05) is 60.4 Å². The van der Waals surface area contributed by atoms with Crippen molar-refractivity contribution in [3.63, 3.8) is 0 Å². The molecule has 4 rings (SSSR count). The third kappa shape index (κ3) is 5.91. The van der Waals surface area contributed by atoms with Crippen molar-refractivity contribution in [1.82, 2.24) is 9.21 Å². The van der Waals surface area contributed by atoms with Gasteiger partial charge in [-0.25, -0.2) is 12.7 Å². The molecule has 2 aliphatic heterocycles. The maximum absolute atomic E-state index is 13.1. The monoisotopic (exact) mass is 553 g/mol. The normalized spacial score (nSPS) is 18.5. The number of piperazine rings is 1. The molecule has 2 aliphatic rings. The zero-order chi connectivity index (χ0) is 23.6. The fraction of sp³-hybridized carbons (Fsp3) is 0.458. The van der Waals surface area contributed by atoms with Crippen LogP contribution >= 0.6 is 27.5 Å². The summed E-state index contributed by atoms with van der Waals surface area (Å²) in [6.45, 7) is 5.75. The van der Waals surface area contributed by atoms with E-state index in [1.165, 1.54) is 9.87 Å². The average Bonchev–Trinajstić information content (AvgIpc) is 2.80. The van der Waals surface area contributed by atoms with E-state index < -0.39 is 10.0 Å². The molecule has 178 valence electrons.